The van der Waals surface area contributed by atoms with Crippen LogP contribution in [0.25, 0.3) is 11.1 Å². The number of nitrogens with two attached hydrogens (primary N) is 1. The van der Waals surface area contributed by atoms with Gasteiger partial charge >= 0.3 is 6.03 Å². The van der Waals surface area contributed by atoms with Gasteiger partial charge in [-0.25, -0.2) is 9.78 Å². The molecule has 2 aromatic rings. The number of methoxy groups -OCH3 is 1. The molecule has 1 aliphatic rings. The molecule has 0 spiro atoms. The van der Waals surface area contributed by atoms with Crippen LogP contribution in [0.5, 0.6) is 0 Å². The second-order valence-electron chi connectivity index (χ2n) is 5.43. The third kappa shape index (κ3) is 3.18. The Kier molecular flexibility index (Phi) is 4.55. The first-order valence-electron chi connectivity index (χ1n) is 7.55. The molecule has 1 aromatic heterocycles. The Hall–Kier alpha value is -2.44. The molecule has 1 aromatic carbocycles. The van der Waals surface area contributed by atoms with Crippen LogP contribution in [0, 0.1) is 0 Å². The van der Waals surface area contributed by atoms with E-state index in [0.29, 0.717) is 32.1 Å². The Morgan fingerprint density at radius 2 is 2.09 bits per heavy atom. The SMILES string of the molecule is COCCN1Cc2c(-c3ccc(CN)cc3)ccnc2NC1=O. The highest BCUT2D eigenvalue weighted by molar-refractivity contribution is 5.93. The molecule has 3 N–H and O–H groups in total. The molecular weight excluding hydrogens is 292 g/mol. The maximum Gasteiger partial charge on any atom is 0.323 e. The summed E-state index contributed by atoms with van der Waals surface area (Å²) in [5.74, 6) is 0.629. The van der Waals surface area contributed by atoms with Gasteiger partial charge in [0.15, 0.2) is 0 Å². The van der Waals surface area contributed by atoms with E-state index in [0.717, 1.165) is 22.3 Å². The lowest BCUT2D eigenvalue weighted by molar-refractivity contribution is 0.151. The van der Waals surface area contributed by atoms with Crippen molar-refractivity contribution in [2.75, 3.05) is 25.6 Å². The van der Waals surface area contributed by atoms with Crippen LogP contribution in [0.4, 0.5) is 10.6 Å². The third-order valence-electron chi connectivity index (χ3n) is 3.98. The third-order valence-corrected chi connectivity index (χ3v) is 3.98. The zero-order chi connectivity index (χ0) is 16.2. The van der Waals surface area contributed by atoms with Crippen LogP contribution in [0.15, 0.2) is 36.5 Å². The van der Waals surface area contributed by atoms with Crippen molar-refractivity contribution in [1.82, 2.24) is 9.88 Å². The summed E-state index contributed by atoms with van der Waals surface area (Å²) in [4.78, 5) is 18.1. The Morgan fingerprint density at radius 3 is 2.78 bits per heavy atom. The van der Waals surface area contributed by atoms with Crippen molar-refractivity contribution in [1.29, 1.82) is 0 Å². The molecule has 23 heavy (non-hydrogen) atoms. The van der Waals surface area contributed by atoms with E-state index in [2.05, 4.69) is 10.3 Å². The number of hydrogen-bond acceptors (Lipinski definition) is 4. The van der Waals surface area contributed by atoms with E-state index < -0.39 is 0 Å². The van der Waals surface area contributed by atoms with Crippen molar-refractivity contribution in [2.24, 2.45) is 5.73 Å². The van der Waals surface area contributed by atoms with Gasteiger partial charge in [0, 0.05) is 32.0 Å². The number of carbonyl (C=O) groups excluding carboxylic acids is 1. The van der Waals surface area contributed by atoms with Gasteiger partial charge in [-0.05, 0) is 22.8 Å². The van der Waals surface area contributed by atoms with Crippen LogP contribution >= 0.6 is 0 Å². The highest BCUT2D eigenvalue weighted by Crippen LogP contribution is 2.31. The van der Waals surface area contributed by atoms with Crippen molar-refractivity contribution in [3.8, 4) is 11.1 Å². The van der Waals surface area contributed by atoms with Crippen LogP contribution < -0.4 is 11.1 Å². The summed E-state index contributed by atoms with van der Waals surface area (Å²) in [7, 11) is 1.63. The van der Waals surface area contributed by atoms with Crippen LogP contribution in [0.2, 0.25) is 0 Å². The van der Waals surface area contributed by atoms with E-state index in [1.54, 1.807) is 18.2 Å². The summed E-state index contributed by atoms with van der Waals surface area (Å²) in [6.07, 6.45) is 1.72. The molecule has 6 heteroatoms. The number of aromatic nitrogens is 1. The van der Waals surface area contributed by atoms with Crippen LogP contribution in [0.1, 0.15) is 11.1 Å². The second kappa shape index (κ2) is 6.76. The maximum atomic E-state index is 12.1. The molecule has 120 valence electrons. The standard InChI is InChI=1S/C17H20N4O2/c1-23-9-8-21-11-15-14(6-7-19-16(15)20-17(21)22)13-4-2-12(10-18)3-5-13/h2-7H,8-11,18H2,1H3,(H,19,20,22). The smallest absolute Gasteiger partial charge is 0.323 e. The number of benzene rings is 1. The summed E-state index contributed by atoms with van der Waals surface area (Å²) in [6.45, 7) is 2.09. The Morgan fingerprint density at radius 1 is 1.30 bits per heavy atom. The van der Waals surface area contributed by atoms with Gasteiger partial charge in [-0.2, -0.15) is 0 Å². The lowest BCUT2D eigenvalue weighted by Crippen LogP contribution is -2.41. The molecule has 0 saturated carbocycles. The molecule has 0 saturated heterocycles. The van der Waals surface area contributed by atoms with Gasteiger partial charge < -0.3 is 15.4 Å². The number of rotatable bonds is 5. The van der Waals surface area contributed by atoms with Gasteiger partial charge in [-0.3, -0.25) is 5.32 Å². The first kappa shape index (κ1) is 15.5. The van der Waals surface area contributed by atoms with Gasteiger partial charge in [0.2, 0.25) is 0 Å². The van der Waals surface area contributed by atoms with E-state index in [4.69, 9.17) is 10.5 Å². The Balaban J connectivity index is 1.94. The van der Waals surface area contributed by atoms with Crippen molar-refractivity contribution < 1.29 is 9.53 Å². The first-order chi connectivity index (χ1) is 11.2. The molecule has 3 rings (SSSR count). The van der Waals surface area contributed by atoms with Crippen molar-refractivity contribution in [3.63, 3.8) is 0 Å². The number of anilines is 1. The summed E-state index contributed by atoms with van der Waals surface area (Å²) < 4.78 is 5.07. The molecule has 1 aliphatic heterocycles. The largest absolute Gasteiger partial charge is 0.383 e. The van der Waals surface area contributed by atoms with E-state index in [9.17, 15) is 4.79 Å². The van der Waals surface area contributed by atoms with E-state index in [1.807, 2.05) is 30.3 Å². The average molecular weight is 312 g/mol. The zero-order valence-corrected chi connectivity index (χ0v) is 13.1. The number of fused-ring (bicyclic) bond motifs is 1. The van der Waals surface area contributed by atoms with E-state index in [-0.39, 0.29) is 6.03 Å². The summed E-state index contributed by atoms with van der Waals surface area (Å²) in [6, 6.07) is 9.97. The summed E-state index contributed by atoms with van der Waals surface area (Å²) in [5.41, 5.74) is 9.92. The Labute approximate surface area is 135 Å². The molecule has 0 bridgehead atoms. The highest BCUT2D eigenvalue weighted by Gasteiger charge is 2.25. The fourth-order valence-corrected chi connectivity index (χ4v) is 2.68. The first-order valence-corrected chi connectivity index (χ1v) is 7.55. The van der Waals surface area contributed by atoms with Crippen molar-refractivity contribution in [3.05, 3.63) is 47.7 Å². The van der Waals surface area contributed by atoms with E-state index in [1.165, 1.54) is 0 Å². The highest BCUT2D eigenvalue weighted by atomic mass is 16.5. The molecule has 6 nitrogen and oxygen atoms in total. The number of pyridine rings is 1. The van der Waals surface area contributed by atoms with Crippen LogP contribution in [-0.2, 0) is 17.8 Å². The van der Waals surface area contributed by atoms with Gasteiger partial charge in [0.25, 0.3) is 0 Å². The molecule has 0 atom stereocenters. The number of ether oxygens (including phenoxy) is 1. The minimum Gasteiger partial charge on any atom is -0.383 e. The fraction of sp³-hybridized carbons (Fsp3) is 0.294. The maximum absolute atomic E-state index is 12.1. The van der Waals surface area contributed by atoms with Crippen molar-refractivity contribution >= 4 is 11.8 Å². The second-order valence-corrected chi connectivity index (χ2v) is 5.43. The minimum absolute atomic E-state index is 0.141. The number of nitrogens with zero attached hydrogens (tertiary/aromatic N) is 2. The molecule has 0 fully saturated rings. The molecule has 0 unspecified atom stereocenters. The quantitative estimate of drug-likeness (QED) is 0.887. The van der Waals surface area contributed by atoms with Crippen LogP contribution in [-0.4, -0.2) is 36.2 Å². The molecule has 0 aliphatic carbocycles. The molecule has 2 heterocycles. The van der Waals surface area contributed by atoms with Crippen molar-refractivity contribution in [2.45, 2.75) is 13.1 Å². The molecular formula is C17H20N4O2. The number of amides is 2. The average Bonchev–Trinajstić information content (AvgIpc) is 2.59. The summed E-state index contributed by atoms with van der Waals surface area (Å²) in [5, 5.41) is 2.85. The van der Waals surface area contributed by atoms with Gasteiger partial charge in [-0.15, -0.1) is 0 Å². The summed E-state index contributed by atoms with van der Waals surface area (Å²) >= 11 is 0. The predicted octanol–water partition coefficient (Wildman–Crippen LogP) is 2.20. The lowest BCUT2D eigenvalue weighted by Gasteiger charge is -2.29. The van der Waals surface area contributed by atoms with Gasteiger partial charge in [0.1, 0.15) is 5.82 Å². The number of nitrogens with one attached hydrogen (secondary N) is 1. The lowest BCUT2D eigenvalue weighted by atomic mass is 9.98. The normalized spacial score (nSPS) is 13.7. The minimum atomic E-state index is -0.141. The molecule has 0 radical (unpaired) electrons. The fourth-order valence-electron chi connectivity index (χ4n) is 2.68. The molecule has 2 amide bonds. The number of hydrogen-bond donors (Lipinski definition) is 2. The van der Waals surface area contributed by atoms with Gasteiger partial charge in [-0.1, -0.05) is 24.3 Å². The van der Waals surface area contributed by atoms with Gasteiger partial charge in [0.05, 0.1) is 13.2 Å². The monoisotopic (exact) mass is 312 g/mol. The van der Waals surface area contributed by atoms with E-state index >= 15 is 0 Å². The number of urea groups is 1. The topological polar surface area (TPSA) is 80.5 Å². The predicted molar refractivity (Wildman–Crippen MR) is 88.9 cm³/mol. The zero-order valence-electron chi connectivity index (χ0n) is 13.1. The number of carbonyl (C=O) groups is 1. The Bertz CT molecular complexity index is 700. The van der Waals surface area contributed by atoms with Crippen LogP contribution in [0.3, 0.4) is 0 Å².